The molecule has 32 heavy (non-hydrogen) atoms. The van der Waals surface area contributed by atoms with Crippen LogP contribution in [0.25, 0.3) is 0 Å². The molecule has 0 unspecified atom stereocenters. The molecule has 0 spiro atoms. The predicted octanol–water partition coefficient (Wildman–Crippen LogP) is 6.55. The Morgan fingerprint density at radius 1 is 0.969 bits per heavy atom. The van der Waals surface area contributed by atoms with E-state index in [1.807, 2.05) is 50.2 Å². The van der Waals surface area contributed by atoms with Crippen LogP contribution in [0, 0.1) is 12.8 Å². The van der Waals surface area contributed by atoms with Gasteiger partial charge in [0.25, 0.3) is 0 Å². The molecule has 0 fully saturated rings. The minimum Gasteiger partial charge on any atom is -0.493 e. The van der Waals surface area contributed by atoms with Gasteiger partial charge in [0.1, 0.15) is 6.61 Å². The maximum Gasteiger partial charge on any atom is 0.226 e. The molecule has 0 radical (unpaired) electrons. The number of hydrogen-bond acceptors (Lipinski definition) is 4. The first-order valence-corrected chi connectivity index (χ1v) is 11.3. The van der Waals surface area contributed by atoms with Crippen molar-refractivity contribution < 1.29 is 14.3 Å². The van der Waals surface area contributed by atoms with Crippen molar-refractivity contribution in [3.63, 3.8) is 0 Å². The lowest BCUT2D eigenvalue weighted by Crippen LogP contribution is -2.17. The van der Waals surface area contributed by atoms with E-state index in [1.165, 1.54) is 5.56 Å². The minimum atomic E-state index is -0.0519. The summed E-state index contributed by atoms with van der Waals surface area (Å²) in [7, 11) is 1.64. The van der Waals surface area contributed by atoms with Crippen LogP contribution in [0.5, 0.6) is 11.5 Å². The van der Waals surface area contributed by atoms with Crippen molar-refractivity contribution in [3.05, 3.63) is 81.8 Å². The molecule has 0 saturated heterocycles. The normalized spacial score (nSPS) is 10.7. The van der Waals surface area contributed by atoms with E-state index >= 15 is 0 Å². The number of carbonyl (C=O) groups excluding carboxylic acids is 1. The van der Waals surface area contributed by atoms with Crippen LogP contribution in [0.3, 0.4) is 0 Å². The second-order valence-corrected chi connectivity index (χ2v) is 8.80. The number of anilines is 2. The average molecular weight is 497 g/mol. The van der Waals surface area contributed by atoms with Gasteiger partial charge in [0.2, 0.25) is 5.91 Å². The number of rotatable bonds is 9. The molecule has 3 aromatic carbocycles. The van der Waals surface area contributed by atoms with Gasteiger partial charge in [-0.1, -0.05) is 59.6 Å². The molecule has 0 saturated carbocycles. The van der Waals surface area contributed by atoms with E-state index in [1.54, 1.807) is 7.11 Å². The van der Waals surface area contributed by atoms with Crippen molar-refractivity contribution >= 4 is 33.2 Å². The van der Waals surface area contributed by atoms with Crippen molar-refractivity contribution in [1.29, 1.82) is 0 Å². The van der Waals surface area contributed by atoms with Crippen molar-refractivity contribution in [2.45, 2.75) is 33.9 Å². The second kappa shape index (κ2) is 11.0. The Kier molecular flexibility index (Phi) is 8.17. The molecule has 0 atom stereocenters. The van der Waals surface area contributed by atoms with Crippen molar-refractivity contribution in [1.82, 2.24) is 0 Å². The molecule has 0 aromatic heterocycles. The van der Waals surface area contributed by atoms with Crippen LogP contribution in [0.2, 0.25) is 0 Å². The van der Waals surface area contributed by atoms with Crippen LogP contribution < -0.4 is 20.1 Å². The number of benzene rings is 3. The molecule has 0 aliphatic carbocycles. The summed E-state index contributed by atoms with van der Waals surface area (Å²) in [6.45, 7) is 6.89. The van der Waals surface area contributed by atoms with Crippen molar-refractivity contribution in [2.24, 2.45) is 5.92 Å². The summed E-state index contributed by atoms with van der Waals surface area (Å²) in [5.41, 5.74) is 5.11. The highest BCUT2D eigenvalue weighted by Crippen LogP contribution is 2.34. The third-order valence-electron chi connectivity index (χ3n) is 5.01. The molecule has 168 valence electrons. The zero-order valence-corrected chi connectivity index (χ0v) is 20.5. The molecule has 0 aliphatic rings. The third kappa shape index (κ3) is 6.50. The van der Waals surface area contributed by atoms with Crippen LogP contribution in [-0.2, 0) is 17.9 Å². The van der Waals surface area contributed by atoms with Gasteiger partial charge in [-0.15, -0.1) is 0 Å². The number of hydrogen-bond donors (Lipinski definition) is 2. The summed E-state index contributed by atoms with van der Waals surface area (Å²) < 4.78 is 12.5. The SMILES string of the molecule is COc1cc(CNc2ccc(NC(=O)C(C)C)cc2)c(Br)cc1OCc1ccc(C)cc1. The number of methoxy groups -OCH3 is 1. The van der Waals surface area contributed by atoms with Gasteiger partial charge >= 0.3 is 0 Å². The maximum atomic E-state index is 11.8. The number of ether oxygens (including phenoxy) is 2. The Morgan fingerprint density at radius 2 is 1.62 bits per heavy atom. The van der Waals surface area contributed by atoms with Gasteiger partial charge in [-0.3, -0.25) is 4.79 Å². The molecule has 0 heterocycles. The first kappa shape index (κ1) is 23.7. The Hall–Kier alpha value is -2.99. The zero-order chi connectivity index (χ0) is 23.1. The van der Waals surface area contributed by atoms with Crippen molar-refractivity contribution in [3.8, 4) is 11.5 Å². The number of halogens is 1. The van der Waals surface area contributed by atoms with Gasteiger partial charge < -0.3 is 20.1 Å². The van der Waals surface area contributed by atoms with Crippen LogP contribution in [0.1, 0.15) is 30.5 Å². The maximum absolute atomic E-state index is 11.8. The van der Waals surface area contributed by atoms with Gasteiger partial charge in [-0.05, 0) is 54.4 Å². The van der Waals surface area contributed by atoms with Gasteiger partial charge in [0.15, 0.2) is 11.5 Å². The van der Waals surface area contributed by atoms with E-state index < -0.39 is 0 Å². The highest BCUT2D eigenvalue weighted by Gasteiger charge is 2.11. The molecule has 2 N–H and O–H groups in total. The summed E-state index contributed by atoms with van der Waals surface area (Å²) in [5, 5.41) is 6.29. The first-order valence-electron chi connectivity index (χ1n) is 10.5. The van der Waals surface area contributed by atoms with Gasteiger partial charge in [0.05, 0.1) is 7.11 Å². The van der Waals surface area contributed by atoms with E-state index in [-0.39, 0.29) is 11.8 Å². The highest BCUT2D eigenvalue weighted by molar-refractivity contribution is 9.10. The van der Waals surface area contributed by atoms with Gasteiger partial charge in [-0.2, -0.15) is 0 Å². The van der Waals surface area contributed by atoms with E-state index in [9.17, 15) is 4.79 Å². The standard InChI is InChI=1S/C26H29BrN2O3/c1-17(2)26(30)29-22-11-9-21(10-12-22)28-15-20-13-24(31-4)25(14-23(20)27)32-16-19-7-5-18(3)6-8-19/h5-14,17,28H,15-16H2,1-4H3,(H,29,30). The lowest BCUT2D eigenvalue weighted by molar-refractivity contribution is -0.118. The first-order chi connectivity index (χ1) is 15.4. The Labute approximate surface area is 198 Å². The fourth-order valence-corrected chi connectivity index (χ4v) is 3.45. The summed E-state index contributed by atoms with van der Waals surface area (Å²) in [5.74, 6) is 1.33. The molecular weight excluding hydrogens is 468 g/mol. The fraction of sp³-hybridized carbons (Fsp3) is 0.269. The molecule has 0 bridgehead atoms. The molecule has 3 aromatic rings. The van der Waals surface area contributed by atoms with E-state index in [4.69, 9.17) is 9.47 Å². The van der Waals surface area contributed by atoms with Gasteiger partial charge in [-0.25, -0.2) is 0 Å². The predicted molar refractivity (Wildman–Crippen MR) is 133 cm³/mol. The molecule has 6 heteroatoms. The number of aryl methyl sites for hydroxylation is 1. The number of carbonyl (C=O) groups is 1. The zero-order valence-electron chi connectivity index (χ0n) is 18.9. The monoisotopic (exact) mass is 496 g/mol. The van der Waals surface area contributed by atoms with Crippen LogP contribution in [-0.4, -0.2) is 13.0 Å². The summed E-state index contributed by atoms with van der Waals surface area (Å²) in [6.07, 6.45) is 0. The Bertz CT molecular complexity index is 1050. The average Bonchev–Trinajstić information content (AvgIpc) is 2.78. The largest absolute Gasteiger partial charge is 0.493 e. The third-order valence-corrected chi connectivity index (χ3v) is 5.75. The number of amides is 1. The van der Waals surface area contributed by atoms with Crippen LogP contribution in [0.4, 0.5) is 11.4 Å². The quantitative estimate of drug-likeness (QED) is 0.352. The van der Waals surface area contributed by atoms with Crippen molar-refractivity contribution in [2.75, 3.05) is 17.7 Å². The summed E-state index contributed by atoms with van der Waals surface area (Å²) in [4.78, 5) is 11.8. The fourth-order valence-electron chi connectivity index (χ4n) is 2.99. The second-order valence-electron chi connectivity index (χ2n) is 7.94. The molecular formula is C26H29BrN2O3. The van der Waals surface area contributed by atoms with Crippen LogP contribution >= 0.6 is 15.9 Å². The molecule has 1 amide bonds. The molecule has 0 aliphatic heterocycles. The topological polar surface area (TPSA) is 59.6 Å². The Balaban J connectivity index is 1.63. The van der Waals surface area contributed by atoms with E-state index in [0.29, 0.717) is 24.7 Å². The summed E-state index contributed by atoms with van der Waals surface area (Å²) in [6, 6.07) is 19.9. The van der Waals surface area contributed by atoms with Crippen LogP contribution in [0.15, 0.2) is 65.1 Å². The summed E-state index contributed by atoms with van der Waals surface area (Å²) >= 11 is 3.65. The minimum absolute atomic E-state index is 0.00595. The Morgan fingerprint density at radius 3 is 2.25 bits per heavy atom. The lowest BCUT2D eigenvalue weighted by atomic mass is 10.1. The van der Waals surface area contributed by atoms with Gasteiger partial charge in [0, 0.05) is 28.3 Å². The smallest absolute Gasteiger partial charge is 0.226 e. The molecule has 3 rings (SSSR count). The molecule has 5 nitrogen and oxygen atoms in total. The highest BCUT2D eigenvalue weighted by atomic mass is 79.9. The number of nitrogens with one attached hydrogen (secondary N) is 2. The van der Waals surface area contributed by atoms with E-state index in [2.05, 4.69) is 57.8 Å². The van der Waals surface area contributed by atoms with E-state index in [0.717, 1.165) is 27.0 Å². The lowest BCUT2D eigenvalue weighted by Gasteiger charge is -2.15.